The maximum atomic E-state index is 12.6. The first-order chi connectivity index (χ1) is 15.3. The molecule has 1 aliphatic heterocycles. The van der Waals surface area contributed by atoms with Crippen LogP contribution < -0.4 is 5.32 Å². The number of nitrogens with zero attached hydrogens (tertiary/aromatic N) is 2. The average molecular weight is 474 g/mol. The Morgan fingerprint density at radius 1 is 1.25 bits per heavy atom. The van der Waals surface area contributed by atoms with Crippen LogP contribution in [0.25, 0.3) is 6.08 Å². The zero-order valence-electron chi connectivity index (χ0n) is 17.4. The van der Waals surface area contributed by atoms with Crippen LogP contribution in [-0.2, 0) is 14.3 Å². The Morgan fingerprint density at radius 3 is 2.75 bits per heavy atom. The standard InChI is InChI=1S/C22H20ClN3O5S/c1-3-9-31-21(29)16-10-15(7-8-17(16)23)25-19(27)12-26-20(28)18(32-22(26)30)11-14-6-4-5-13(2)24-14/h4-8,10-11H,3,9,12H2,1-2H3,(H,25,27)/b18-11+. The van der Waals surface area contributed by atoms with E-state index >= 15 is 0 Å². The van der Waals surface area contributed by atoms with E-state index in [1.165, 1.54) is 24.3 Å². The molecule has 1 fully saturated rings. The molecule has 166 valence electrons. The van der Waals surface area contributed by atoms with Crippen molar-refractivity contribution in [2.45, 2.75) is 20.3 Å². The summed E-state index contributed by atoms with van der Waals surface area (Å²) in [5.41, 5.74) is 1.72. The zero-order chi connectivity index (χ0) is 23.3. The summed E-state index contributed by atoms with van der Waals surface area (Å²) in [5.74, 6) is -1.77. The minimum atomic E-state index is -0.603. The Hall–Kier alpha value is -3.17. The molecule has 0 radical (unpaired) electrons. The second-order valence-corrected chi connectivity index (χ2v) is 8.25. The van der Waals surface area contributed by atoms with Gasteiger partial charge in [-0.1, -0.05) is 24.6 Å². The van der Waals surface area contributed by atoms with Crippen molar-refractivity contribution in [1.82, 2.24) is 9.88 Å². The molecule has 0 aliphatic carbocycles. The Kier molecular flexibility index (Phi) is 7.66. The molecule has 3 rings (SSSR count). The second kappa shape index (κ2) is 10.4. The van der Waals surface area contributed by atoms with Gasteiger partial charge in [0.05, 0.1) is 27.8 Å². The number of hydrogen-bond acceptors (Lipinski definition) is 7. The smallest absolute Gasteiger partial charge is 0.339 e. The summed E-state index contributed by atoms with van der Waals surface area (Å²) < 4.78 is 5.07. The molecule has 10 heteroatoms. The number of imide groups is 1. The van der Waals surface area contributed by atoms with Crippen molar-refractivity contribution < 1.29 is 23.9 Å². The van der Waals surface area contributed by atoms with E-state index in [4.69, 9.17) is 16.3 Å². The number of rotatable bonds is 7. The molecule has 8 nitrogen and oxygen atoms in total. The fraction of sp³-hybridized carbons (Fsp3) is 0.227. The quantitative estimate of drug-likeness (QED) is 0.472. The van der Waals surface area contributed by atoms with E-state index in [9.17, 15) is 19.2 Å². The van der Waals surface area contributed by atoms with E-state index in [1.807, 2.05) is 19.9 Å². The summed E-state index contributed by atoms with van der Waals surface area (Å²) in [7, 11) is 0. The molecule has 0 spiro atoms. The second-order valence-electron chi connectivity index (χ2n) is 6.85. The van der Waals surface area contributed by atoms with Crippen molar-refractivity contribution in [3.8, 4) is 0 Å². The monoisotopic (exact) mass is 473 g/mol. The van der Waals surface area contributed by atoms with Crippen LogP contribution in [0.5, 0.6) is 0 Å². The number of hydrogen-bond donors (Lipinski definition) is 1. The number of pyridine rings is 1. The van der Waals surface area contributed by atoms with E-state index in [1.54, 1.807) is 12.1 Å². The van der Waals surface area contributed by atoms with Crippen molar-refractivity contribution in [2.75, 3.05) is 18.5 Å². The van der Waals surface area contributed by atoms with Gasteiger partial charge >= 0.3 is 5.97 Å². The molecule has 32 heavy (non-hydrogen) atoms. The third-order valence-corrected chi connectivity index (χ3v) is 5.51. The number of carbonyl (C=O) groups is 4. The van der Waals surface area contributed by atoms with Crippen LogP contribution in [0, 0.1) is 6.92 Å². The first-order valence-corrected chi connectivity index (χ1v) is 10.9. The maximum absolute atomic E-state index is 12.6. The Morgan fingerprint density at radius 2 is 2.03 bits per heavy atom. The van der Waals surface area contributed by atoms with Crippen molar-refractivity contribution >= 4 is 58.1 Å². The number of ether oxygens (including phenoxy) is 1. The lowest BCUT2D eigenvalue weighted by molar-refractivity contribution is -0.127. The molecule has 1 aliphatic rings. The molecule has 1 saturated heterocycles. The number of anilines is 1. The minimum absolute atomic E-state index is 0.109. The van der Waals surface area contributed by atoms with Gasteiger partial charge in [-0.05, 0) is 61.5 Å². The third-order valence-electron chi connectivity index (χ3n) is 4.27. The number of halogens is 1. The summed E-state index contributed by atoms with van der Waals surface area (Å²) in [5, 5.41) is 2.20. The van der Waals surface area contributed by atoms with E-state index in [2.05, 4.69) is 10.3 Å². The lowest BCUT2D eigenvalue weighted by Gasteiger charge is -2.13. The van der Waals surface area contributed by atoms with Gasteiger partial charge in [0, 0.05) is 11.4 Å². The van der Waals surface area contributed by atoms with Crippen LogP contribution in [0.4, 0.5) is 10.5 Å². The Balaban J connectivity index is 1.68. The first-order valence-electron chi connectivity index (χ1n) is 9.74. The number of aryl methyl sites for hydroxylation is 1. The summed E-state index contributed by atoms with van der Waals surface area (Å²) in [6.45, 7) is 3.46. The van der Waals surface area contributed by atoms with Gasteiger partial charge in [0.2, 0.25) is 5.91 Å². The summed E-state index contributed by atoms with van der Waals surface area (Å²) in [6.07, 6.45) is 2.18. The number of thioether (sulfide) groups is 1. The third kappa shape index (κ3) is 5.74. The van der Waals surface area contributed by atoms with Crippen LogP contribution in [0.1, 0.15) is 35.1 Å². The fourth-order valence-corrected chi connectivity index (χ4v) is 3.81. The molecule has 0 bridgehead atoms. The molecule has 0 saturated carbocycles. The Bertz CT molecular complexity index is 1120. The van der Waals surface area contributed by atoms with Crippen LogP contribution in [-0.4, -0.2) is 46.1 Å². The van der Waals surface area contributed by atoms with Gasteiger partial charge in [-0.2, -0.15) is 0 Å². The Labute approximate surface area is 194 Å². The van der Waals surface area contributed by atoms with Crippen molar-refractivity contribution in [3.05, 3.63) is 63.3 Å². The molecule has 0 unspecified atom stereocenters. The van der Waals surface area contributed by atoms with E-state index in [0.29, 0.717) is 12.1 Å². The highest BCUT2D eigenvalue weighted by atomic mass is 35.5. The molecule has 2 aromatic rings. The SMILES string of the molecule is CCCOC(=O)c1cc(NC(=O)CN2C(=O)S/C(=C/c3cccc(C)n3)C2=O)ccc1Cl. The molecule has 1 aromatic heterocycles. The average Bonchev–Trinajstić information content (AvgIpc) is 3.00. The van der Waals surface area contributed by atoms with Gasteiger partial charge in [-0.15, -0.1) is 0 Å². The largest absolute Gasteiger partial charge is 0.462 e. The lowest BCUT2D eigenvalue weighted by atomic mass is 10.2. The zero-order valence-corrected chi connectivity index (χ0v) is 19.0. The van der Waals surface area contributed by atoms with Gasteiger partial charge in [0.15, 0.2) is 0 Å². The number of aromatic nitrogens is 1. The number of benzene rings is 1. The molecule has 3 amide bonds. The lowest BCUT2D eigenvalue weighted by Crippen LogP contribution is -2.36. The number of carbonyl (C=O) groups excluding carboxylic acids is 4. The van der Waals surface area contributed by atoms with Crippen molar-refractivity contribution in [2.24, 2.45) is 0 Å². The number of amides is 3. The fourth-order valence-electron chi connectivity index (χ4n) is 2.79. The minimum Gasteiger partial charge on any atom is -0.462 e. The number of nitrogens with one attached hydrogen (secondary N) is 1. The topological polar surface area (TPSA) is 106 Å². The highest BCUT2D eigenvalue weighted by Crippen LogP contribution is 2.32. The van der Waals surface area contributed by atoms with Crippen LogP contribution in [0.2, 0.25) is 5.02 Å². The molecular weight excluding hydrogens is 454 g/mol. The van der Waals surface area contributed by atoms with Crippen LogP contribution in [0.3, 0.4) is 0 Å². The molecule has 1 N–H and O–H groups in total. The van der Waals surface area contributed by atoms with Gasteiger partial charge in [0.1, 0.15) is 6.54 Å². The molecule has 2 heterocycles. The van der Waals surface area contributed by atoms with E-state index < -0.39 is 29.6 Å². The molecule has 0 atom stereocenters. The predicted octanol–water partition coefficient (Wildman–Crippen LogP) is 4.29. The highest BCUT2D eigenvalue weighted by molar-refractivity contribution is 8.18. The van der Waals surface area contributed by atoms with Gasteiger partial charge < -0.3 is 10.1 Å². The van der Waals surface area contributed by atoms with Crippen molar-refractivity contribution in [3.63, 3.8) is 0 Å². The van der Waals surface area contributed by atoms with Gasteiger partial charge in [-0.25, -0.2) is 4.79 Å². The summed E-state index contributed by atoms with van der Waals surface area (Å²) >= 11 is 6.80. The summed E-state index contributed by atoms with van der Waals surface area (Å²) in [6, 6.07) is 9.68. The van der Waals surface area contributed by atoms with E-state index in [-0.39, 0.29) is 27.8 Å². The first kappa shape index (κ1) is 23.5. The predicted molar refractivity (Wildman–Crippen MR) is 122 cm³/mol. The molecule has 1 aromatic carbocycles. The van der Waals surface area contributed by atoms with Gasteiger partial charge in [-0.3, -0.25) is 24.3 Å². The highest BCUT2D eigenvalue weighted by Gasteiger charge is 2.36. The normalized spacial score (nSPS) is 14.7. The van der Waals surface area contributed by atoms with Gasteiger partial charge in [0.25, 0.3) is 11.1 Å². The molecular formula is C22H20ClN3O5S. The van der Waals surface area contributed by atoms with Crippen LogP contribution >= 0.6 is 23.4 Å². The van der Waals surface area contributed by atoms with Crippen LogP contribution in [0.15, 0.2) is 41.3 Å². The number of esters is 1. The van der Waals surface area contributed by atoms with E-state index in [0.717, 1.165) is 22.4 Å². The summed E-state index contributed by atoms with van der Waals surface area (Å²) in [4.78, 5) is 54.8. The van der Waals surface area contributed by atoms with Crippen molar-refractivity contribution in [1.29, 1.82) is 0 Å². The maximum Gasteiger partial charge on any atom is 0.339 e.